The van der Waals surface area contributed by atoms with Gasteiger partial charge in [-0.15, -0.1) is 11.3 Å². The van der Waals surface area contributed by atoms with Crippen molar-refractivity contribution >= 4 is 23.2 Å². The van der Waals surface area contributed by atoms with Gasteiger partial charge in [-0.05, 0) is 37.3 Å². The van der Waals surface area contributed by atoms with Crippen LogP contribution in [-0.4, -0.2) is 44.9 Å². The molecule has 1 saturated heterocycles. The van der Waals surface area contributed by atoms with Gasteiger partial charge in [0.25, 0.3) is 0 Å². The Hall–Kier alpha value is -2.28. The number of likely N-dealkylation sites (tertiary alicyclic amines) is 1. The van der Waals surface area contributed by atoms with E-state index in [1.54, 1.807) is 12.4 Å². The first-order chi connectivity index (χ1) is 12.1. The molecule has 3 rings (SSSR count). The molecule has 1 amide bonds. The third-order valence-corrected chi connectivity index (χ3v) is 5.37. The molecule has 1 fully saturated rings. The third kappa shape index (κ3) is 4.85. The van der Waals surface area contributed by atoms with Crippen LogP contribution >= 0.6 is 11.3 Å². The summed E-state index contributed by atoms with van der Waals surface area (Å²) in [7, 11) is 0. The van der Waals surface area contributed by atoms with Crippen LogP contribution in [0.25, 0.3) is 10.6 Å². The van der Waals surface area contributed by atoms with Crippen molar-refractivity contribution in [1.82, 2.24) is 14.9 Å². The van der Waals surface area contributed by atoms with E-state index in [-0.39, 0.29) is 18.2 Å². The molecule has 2 aromatic rings. The van der Waals surface area contributed by atoms with Crippen molar-refractivity contribution in [3.8, 4) is 10.6 Å². The predicted molar refractivity (Wildman–Crippen MR) is 95.2 cm³/mol. The largest absolute Gasteiger partial charge is 0.481 e. The molecule has 1 atom stereocenters. The van der Waals surface area contributed by atoms with Crippen molar-refractivity contribution in [3.05, 3.63) is 35.6 Å². The maximum Gasteiger partial charge on any atom is 0.303 e. The second kappa shape index (κ2) is 8.20. The number of piperidine rings is 1. The Bertz CT molecular complexity index is 732. The molecule has 0 bridgehead atoms. The highest BCUT2D eigenvalue weighted by Gasteiger charge is 2.24. The number of pyridine rings is 1. The number of amides is 1. The minimum atomic E-state index is -0.770. The van der Waals surface area contributed by atoms with Gasteiger partial charge in [0.2, 0.25) is 5.91 Å². The molecule has 1 aliphatic rings. The number of carbonyl (C=O) groups excluding carboxylic acids is 1. The summed E-state index contributed by atoms with van der Waals surface area (Å²) in [5.41, 5.74) is 1.74. The average Bonchev–Trinajstić information content (AvgIpc) is 3.09. The normalized spacial score (nSPS) is 17.4. The Labute approximate surface area is 150 Å². The fourth-order valence-corrected chi connectivity index (χ4v) is 3.94. The standard InChI is InChI=1S/C18H21N3O3S/c22-16(21-8-2-3-13(11-21)5-6-17(23)24)9-15-12-25-18(20-15)14-4-1-7-19-10-14/h1,4,7,10,12-13H,2-3,5-6,8-9,11H2,(H,23,24). The fourth-order valence-electron chi connectivity index (χ4n) is 3.13. The highest BCUT2D eigenvalue weighted by Crippen LogP contribution is 2.24. The molecule has 0 spiro atoms. The maximum atomic E-state index is 12.6. The van der Waals surface area contributed by atoms with Crippen molar-refractivity contribution in [2.24, 2.45) is 5.92 Å². The molecule has 1 aliphatic heterocycles. The summed E-state index contributed by atoms with van der Waals surface area (Å²) >= 11 is 1.52. The van der Waals surface area contributed by atoms with Gasteiger partial charge in [-0.25, -0.2) is 4.98 Å². The van der Waals surface area contributed by atoms with E-state index in [4.69, 9.17) is 5.11 Å². The summed E-state index contributed by atoms with van der Waals surface area (Å²) in [4.78, 5) is 33.8. The van der Waals surface area contributed by atoms with Gasteiger partial charge < -0.3 is 10.0 Å². The van der Waals surface area contributed by atoms with E-state index < -0.39 is 5.97 Å². The van der Waals surface area contributed by atoms with Crippen molar-refractivity contribution < 1.29 is 14.7 Å². The first-order valence-corrected chi connectivity index (χ1v) is 9.34. The van der Waals surface area contributed by atoms with Crippen LogP contribution in [0.4, 0.5) is 0 Å². The number of carboxylic acid groups (broad SMARTS) is 1. The lowest BCUT2D eigenvalue weighted by Crippen LogP contribution is -2.40. The maximum absolute atomic E-state index is 12.6. The van der Waals surface area contributed by atoms with Gasteiger partial charge in [0.1, 0.15) is 5.01 Å². The van der Waals surface area contributed by atoms with Crippen LogP contribution < -0.4 is 0 Å². The zero-order valence-corrected chi connectivity index (χ0v) is 14.7. The van der Waals surface area contributed by atoms with E-state index in [0.717, 1.165) is 35.7 Å². The van der Waals surface area contributed by atoms with Crippen LogP contribution in [0, 0.1) is 5.92 Å². The molecule has 132 valence electrons. The van der Waals surface area contributed by atoms with Gasteiger partial charge in [-0.3, -0.25) is 14.6 Å². The molecule has 0 saturated carbocycles. The quantitative estimate of drug-likeness (QED) is 0.857. The smallest absolute Gasteiger partial charge is 0.303 e. The number of nitrogens with zero attached hydrogens (tertiary/aromatic N) is 3. The first kappa shape index (κ1) is 17.5. The van der Waals surface area contributed by atoms with Crippen molar-refractivity contribution in [1.29, 1.82) is 0 Å². The highest BCUT2D eigenvalue weighted by atomic mass is 32.1. The third-order valence-electron chi connectivity index (χ3n) is 4.43. The van der Waals surface area contributed by atoms with Crippen LogP contribution in [0.3, 0.4) is 0 Å². The van der Waals surface area contributed by atoms with Gasteiger partial charge in [0, 0.05) is 42.8 Å². The Morgan fingerprint density at radius 1 is 1.40 bits per heavy atom. The van der Waals surface area contributed by atoms with Crippen LogP contribution in [0.1, 0.15) is 31.4 Å². The minimum absolute atomic E-state index is 0.0723. The van der Waals surface area contributed by atoms with Gasteiger partial charge in [0.15, 0.2) is 0 Å². The average molecular weight is 359 g/mol. The molecular weight excluding hydrogens is 338 g/mol. The molecule has 25 heavy (non-hydrogen) atoms. The van der Waals surface area contributed by atoms with E-state index in [0.29, 0.717) is 19.4 Å². The minimum Gasteiger partial charge on any atom is -0.481 e. The Morgan fingerprint density at radius 2 is 2.28 bits per heavy atom. The monoisotopic (exact) mass is 359 g/mol. The number of carboxylic acids is 1. The number of carbonyl (C=O) groups is 2. The number of rotatable bonds is 6. The number of aromatic nitrogens is 2. The molecule has 1 unspecified atom stereocenters. The van der Waals surface area contributed by atoms with E-state index in [1.807, 2.05) is 22.4 Å². The van der Waals surface area contributed by atoms with E-state index in [2.05, 4.69) is 9.97 Å². The van der Waals surface area contributed by atoms with Crippen molar-refractivity contribution in [3.63, 3.8) is 0 Å². The summed E-state index contributed by atoms with van der Waals surface area (Å²) in [5, 5.41) is 11.6. The number of hydrogen-bond acceptors (Lipinski definition) is 5. The molecule has 0 aliphatic carbocycles. The van der Waals surface area contributed by atoms with Gasteiger partial charge >= 0.3 is 5.97 Å². The summed E-state index contributed by atoms with van der Waals surface area (Å²) in [5.74, 6) is -0.410. The molecule has 2 aromatic heterocycles. The summed E-state index contributed by atoms with van der Waals surface area (Å²) in [6.45, 7) is 1.41. The second-order valence-electron chi connectivity index (χ2n) is 6.34. The summed E-state index contributed by atoms with van der Waals surface area (Å²) < 4.78 is 0. The lowest BCUT2D eigenvalue weighted by Gasteiger charge is -2.32. The predicted octanol–water partition coefficient (Wildman–Crippen LogP) is 2.85. The van der Waals surface area contributed by atoms with Crippen LogP contribution in [0.2, 0.25) is 0 Å². The topological polar surface area (TPSA) is 83.4 Å². The molecule has 7 heteroatoms. The summed E-state index contributed by atoms with van der Waals surface area (Å²) in [6, 6.07) is 3.82. The van der Waals surface area contributed by atoms with Crippen LogP contribution in [-0.2, 0) is 16.0 Å². The number of hydrogen-bond donors (Lipinski definition) is 1. The molecule has 0 aromatic carbocycles. The number of aliphatic carboxylic acids is 1. The SMILES string of the molecule is O=C(O)CCC1CCCN(C(=O)Cc2csc(-c3cccnc3)n2)C1. The molecule has 6 nitrogen and oxygen atoms in total. The van der Waals surface area contributed by atoms with E-state index in [1.165, 1.54) is 11.3 Å². The lowest BCUT2D eigenvalue weighted by atomic mass is 9.93. The lowest BCUT2D eigenvalue weighted by molar-refractivity contribution is -0.137. The molecule has 3 heterocycles. The van der Waals surface area contributed by atoms with Crippen LogP contribution in [0.15, 0.2) is 29.9 Å². The van der Waals surface area contributed by atoms with Crippen LogP contribution in [0.5, 0.6) is 0 Å². The zero-order chi connectivity index (χ0) is 17.6. The van der Waals surface area contributed by atoms with E-state index >= 15 is 0 Å². The Morgan fingerprint density at radius 3 is 3.04 bits per heavy atom. The fraction of sp³-hybridized carbons (Fsp3) is 0.444. The van der Waals surface area contributed by atoms with E-state index in [9.17, 15) is 9.59 Å². The second-order valence-corrected chi connectivity index (χ2v) is 7.20. The first-order valence-electron chi connectivity index (χ1n) is 8.46. The molecular formula is C18H21N3O3S. The Kier molecular flexibility index (Phi) is 5.75. The highest BCUT2D eigenvalue weighted by molar-refractivity contribution is 7.13. The molecule has 1 N–H and O–H groups in total. The van der Waals surface area contributed by atoms with Gasteiger partial charge in [0.05, 0.1) is 12.1 Å². The zero-order valence-electron chi connectivity index (χ0n) is 13.9. The van der Waals surface area contributed by atoms with Crippen molar-refractivity contribution in [2.75, 3.05) is 13.1 Å². The number of thiazole rings is 1. The summed E-state index contributed by atoms with van der Waals surface area (Å²) in [6.07, 6.45) is 6.53. The van der Waals surface area contributed by atoms with Gasteiger partial charge in [-0.1, -0.05) is 0 Å². The Balaban J connectivity index is 1.57. The molecule has 0 radical (unpaired) electrons. The van der Waals surface area contributed by atoms with Crippen molar-refractivity contribution in [2.45, 2.75) is 32.1 Å². The van der Waals surface area contributed by atoms with Gasteiger partial charge in [-0.2, -0.15) is 0 Å².